The third-order valence-electron chi connectivity index (χ3n) is 0.630. The molecule has 0 saturated carbocycles. The summed E-state index contributed by atoms with van der Waals surface area (Å²) < 4.78 is 0. The van der Waals surface area contributed by atoms with Gasteiger partial charge in [-0.1, -0.05) is 0 Å². The molecule has 1 amide bonds. The van der Waals surface area contributed by atoms with Crippen LogP contribution in [0.3, 0.4) is 0 Å². The summed E-state index contributed by atoms with van der Waals surface area (Å²) in [5.41, 5.74) is 0. The second kappa shape index (κ2) is 4.88. The molecular weight excluding hydrogens is 118 g/mol. The van der Waals surface area contributed by atoms with Crippen LogP contribution in [0.25, 0.3) is 0 Å². The number of nitrogens with zero attached hydrogens (tertiary/aromatic N) is 1. The summed E-state index contributed by atoms with van der Waals surface area (Å²) in [6, 6.07) is 0. The van der Waals surface area contributed by atoms with Crippen molar-refractivity contribution in [3.05, 3.63) is 0 Å². The summed E-state index contributed by atoms with van der Waals surface area (Å²) in [4.78, 5) is 11.6. The van der Waals surface area contributed by atoms with Crippen LogP contribution in [0.1, 0.15) is 6.92 Å². The molecule has 0 rings (SSSR count). The van der Waals surface area contributed by atoms with Crippen LogP contribution < -0.4 is 0 Å². The summed E-state index contributed by atoms with van der Waals surface area (Å²) in [5.74, 6) is 0.0926. The van der Waals surface area contributed by atoms with E-state index in [0.29, 0.717) is 0 Å². The van der Waals surface area contributed by atoms with Crippen molar-refractivity contribution < 1.29 is 42.5 Å². The molecule has 0 bridgehead atoms. The summed E-state index contributed by atoms with van der Waals surface area (Å²) in [6.07, 6.45) is 0. The van der Waals surface area contributed by atoms with E-state index in [2.05, 4.69) is 0 Å². The van der Waals surface area contributed by atoms with E-state index in [1.165, 1.54) is 11.8 Å². The quantitative estimate of drug-likeness (QED) is 0.451. The molecule has 0 aliphatic carbocycles. The Labute approximate surface area is 73.9 Å². The molecule has 0 spiro atoms. The number of carbonyl (C=O) groups is 1. The zero-order chi connectivity index (χ0) is 5.15. The smallest absolute Gasteiger partial charge is 0.218 e. The van der Waals surface area contributed by atoms with Gasteiger partial charge in [0.05, 0.1) is 0 Å². The van der Waals surface area contributed by atoms with Crippen molar-refractivity contribution in [3.8, 4) is 0 Å². The molecule has 44 valence electrons. The topological polar surface area (TPSA) is 20.3 Å². The van der Waals surface area contributed by atoms with E-state index in [1.54, 1.807) is 14.1 Å². The standard InChI is InChI=1S/C4H9NO.Ar/c1-4(6)5(2)3;/h1-3H3;. The first kappa shape index (κ1) is 10.7. The van der Waals surface area contributed by atoms with E-state index in [4.69, 9.17) is 0 Å². The molecule has 0 heterocycles. The largest absolute Gasteiger partial charge is 0.349 e. The predicted octanol–water partition coefficient (Wildman–Crippen LogP) is 0.0945. The number of amides is 1. The zero-order valence-corrected chi connectivity index (χ0v) is 5.42. The normalized spacial score (nSPS) is 6.71. The van der Waals surface area contributed by atoms with Gasteiger partial charge in [0, 0.05) is 58.8 Å². The molecule has 0 atom stereocenters. The maximum absolute atomic E-state index is 10.1. The Hall–Kier alpha value is 0.730. The fourth-order valence-corrected chi connectivity index (χ4v) is 0. The first-order chi connectivity index (χ1) is 2.64. The molecule has 0 aliphatic heterocycles. The average Bonchev–Trinajstić information content (AvgIpc) is 1.36. The van der Waals surface area contributed by atoms with Gasteiger partial charge >= 0.3 is 0 Å². The number of hydrogen-bond donors (Lipinski definition) is 0. The van der Waals surface area contributed by atoms with Crippen molar-refractivity contribution in [2.75, 3.05) is 14.1 Å². The summed E-state index contributed by atoms with van der Waals surface area (Å²) >= 11 is 0. The molecule has 0 radical (unpaired) electrons. The van der Waals surface area contributed by atoms with Crippen LogP contribution >= 0.6 is 0 Å². The van der Waals surface area contributed by atoms with Gasteiger partial charge in [0.2, 0.25) is 5.91 Å². The first-order valence-corrected chi connectivity index (χ1v) is 1.82. The van der Waals surface area contributed by atoms with Crippen molar-refractivity contribution in [3.63, 3.8) is 0 Å². The Morgan fingerprint density at radius 3 is 1.57 bits per heavy atom. The van der Waals surface area contributed by atoms with E-state index in [1.807, 2.05) is 0 Å². The molecular formula is C4H9ArNO. The Morgan fingerprint density at radius 1 is 1.43 bits per heavy atom. The molecule has 0 aromatic carbocycles. The second-order valence-corrected chi connectivity index (χ2v) is 1.41. The van der Waals surface area contributed by atoms with E-state index >= 15 is 0 Å². The maximum atomic E-state index is 10.1. The molecule has 2 nitrogen and oxygen atoms in total. The average molecular weight is 127 g/mol. The fraction of sp³-hybridized carbons (Fsp3) is 0.750. The van der Waals surface area contributed by atoms with Gasteiger partial charge in [-0.2, -0.15) is 0 Å². The molecule has 7 heavy (non-hydrogen) atoms. The SMILES string of the molecule is CC(=O)N(C)C.[Ar]. The van der Waals surface area contributed by atoms with E-state index in [-0.39, 0.29) is 43.6 Å². The van der Waals surface area contributed by atoms with Crippen molar-refractivity contribution in [2.24, 2.45) is 0 Å². The summed E-state index contributed by atoms with van der Waals surface area (Å²) in [7, 11) is 3.45. The van der Waals surface area contributed by atoms with Gasteiger partial charge in [0.1, 0.15) is 0 Å². The first-order valence-electron chi connectivity index (χ1n) is 1.82. The summed E-state index contributed by atoms with van der Waals surface area (Å²) in [5, 5.41) is 0. The Bertz CT molecular complexity index is 62.7. The molecule has 0 saturated heterocycles. The van der Waals surface area contributed by atoms with Crippen molar-refractivity contribution in [1.29, 1.82) is 0 Å². The van der Waals surface area contributed by atoms with Crippen LogP contribution in [0.4, 0.5) is 0 Å². The molecule has 0 unspecified atom stereocenters. The van der Waals surface area contributed by atoms with E-state index < -0.39 is 0 Å². The second-order valence-electron chi connectivity index (χ2n) is 1.41. The number of hydrogen-bond acceptors (Lipinski definition) is 1. The summed E-state index contributed by atoms with van der Waals surface area (Å²) in [6.45, 7) is 1.53. The van der Waals surface area contributed by atoms with Gasteiger partial charge < -0.3 is 4.90 Å². The third kappa shape index (κ3) is 6.73. The van der Waals surface area contributed by atoms with Crippen LogP contribution in [0.5, 0.6) is 0 Å². The molecule has 0 aromatic heterocycles. The number of rotatable bonds is 0. The molecule has 0 N–H and O–H groups in total. The van der Waals surface area contributed by atoms with Crippen LogP contribution in [0, 0.1) is 37.7 Å². The van der Waals surface area contributed by atoms with Crippen LogP contribution in [-0.4, -0.2) is 24.9 Å². The molecule has 0 aliphatic rings. The van der Waals surface area contributed by atoms with Crippen molar-refractivity contribution >= 4 is 5.91 Å². The molecule has 0 aromatic rings. The monoisotopic (exact) mass is 127 g/mol. The zero-order valence-electron chi connectivity index (χ0n) is 4.71. The van der Waals surface area contributed by atoms with E-state index in [9.17, 15) is 4.79 Å². The third-order valence-corrected chi connectivity index (χ3v) is 0.630. The van der Waals surface area contributed by atoms with Gasteiger partial charge in [-0.15, -0.1) is 0 Å². The van der Waals surface area contributed by atoms with Gasteiger partial charge in [-0.05, 0) is 0 Å². The van der Waals surface area contributed by atoms with Crippen molar-refractivity contribution in [2.45, 2.75) is 6.92 Å². The minimum absolute atomic E-state index is 0. The van der Waals surface area contributed by atoms with Gasteiger partial charge in [0.15, 0.2) is 0 Å². The Balaban J connectivity index is 0. The Morgan fingerprint density at radius 2 is 1.57 bits per heavy atom. The van der Waals surface area contributed by atoms with Crippen LogP contribution in [-0.2, 0) is 4.79 Å². The number of carbonyl (C=O) groups excluding carboxylic acids is 1. The Kier molecular flexibility index (Phi) is 7.43. The van der Waals surface area contributed by atoms with Gasteiger partial charge in [-0.25, -0.2) is 0 Å². The molecule has 0 fully saturated rings. The van der Waals surface area contributed by atoms with Gasteiger partial charge in [-0.3, -0.25) is 4.79 Å². The van der Waals surface area contributed by atoms with Crippen molar-refractivity contribution in [1.82, 2.24) is 4.90 Å². The minimum atomic E-state index is 0. The van der Waals surface area contributed by atoms with E-state index in [0.717, 1.165) is 0 Å². The van der Waals surface area contributed by atoms with Crippen LogP contribution in [0.2, 0.25) is 0 Å². The molecule has 3 heteroatoms. The minimum Gasteiger partial charge on any atom is -0.349 e. The predicted molar refractivity (Wildman–Crippen MR) is 24.4 cm³/mol. The van der Waals surface area contributed by atoms with Gasteiger partial charge in [0.25, 0.3) is 0 Å². The fourth-order valence-electron chi connectivity index (χ4n) is 0. The maximum Gasteiger partial charge on any atom is 0.218 e. The van der Waals surface area contributed by atoms with Crippen LogP contribution in [0.15, 0.2) is 0 Å².